The van der Waals surface area contributed by atoms with Crippen molar-refractivity contribution < 1.29 is 4.42 Å². The summed E-state index contributed by atoms with van der Waals surface area (Å²) in [6.07, 6.45) is 4.45. The van der Waals surface area contributed by atoms with Gasteiger partial charge in [0.1, 0.15) is 17.6 Å². The second-order valence-electron chi connectivity index (χ2n) is 9.49. The molecule has 0 saturated carbocycles. The lowest BCUT2D eigenvalue weighted by atomic mass is 10.0. The predicted molar refractivity (Wildman–Crippen MR) is 135 cm³/mol. The second-order valence-corrected chi connectivity index (χ2v) is 9.49. The van der Waals surface area contributed by atoms with E-state index >= 15 is 0 Å². The number of aryl methyl sites for hydroxylation is 2. The van der Waals surface area contributed by atoms with Crippen LogP contribution in [0.25, 0.3) is 33.0 Å². The second kappa shape index (κ2) is 6.88. The van der Waals surface area contributed by atoms with Crippen molar-refractivity contribution in [1.29, 1.82) is 0 Å². The standard InChI is InChI=1S/C28H28N4O/c1-18-14-15-21-20-10-6-9-13-24(20)33-26(21)25(18)31-16-17-32(19(31)2)28(3,4)27-29-22-11-7-8-12-23(22)30(27)5/h6-17,19H,1-5H3/t19-/m1/s1. The Balaban J connectivity index is 1.44. The lowest BCUT2D eigenvalue weighted by Gasteiger charge is -2.41. The highest BCUT2D eigenvalue weighted by Crippen LogP contribution is 2.42. The lowest BCUT2D eigenvalue weighted by molar-refractivity contribution is 0.141. The minimum atomic E-state index is -0.311. The summed E-state index contributed by atoms with van der Waals surface area (Å²) in [5.41, 5.74) is 6.04. The zero-order valence-corrected chi connectivity index (χ0v) is 19.7. The molecule has 0 bridgehead atoms. The maximum Gasteiger partial charge on any atom is 0.159 e. The number of anilines is 1. The number of para-hydroxylation sites is 3. The summed E-state index contributed by atoms with van der Waals surface area (Å²) in [6, 6.07) is 20.9. The molecule has 0 amide bonds. The Labute approximate surface area is 193 Å². The molecule has 3 heterocycles. The molecular weight excluding hydrogens is 408 g/mol. The predicted octanol–water partition coefficient (Wildman–Crippen LogP) is 6.66. The van der Waals surface area contributed by atoms with Crippen molar-refractivity contribution in [3.05, 3.63) is 84.5 Å². The summed E-state index contributed by atoms with van der Waals surface area (Å²) in [4.78, 5) is 9.72. The van der Waals surface area contributed by atoms with Gasteiger partial charge in [0.25, 0.3) is 0 Å². The van der Waals surface area contributed by atoms with Gasteiger partial charge in [0, 0.05) is 30.2 Å². The van der Waals surface area contributed by atoms with Gasteiger partial charge in [-0.2, -0.15) is 0 Å². The fourth-order valence-electron chi connectivity index (χ4n) is 5.44. The van der Waals surface area contributed by atoms with E-state index in [4.69, 9.17) is 9.40 Å². The maximum absolute atomic E-state index is 6.38. The number of hydrogen-bond acceptors (Lipinski definition) is 4. The monoisotopic (exact) mass is 436 g/mol. The molecule has 1 aliphatic heterocycles. The quantitative estimate of drug-likeness (QED) is 0.317. The van der Waals surface area contributed by atoms with Gasteiger partial charge in [-0.15, -0.1) is 0 Å². The van der Waals surface area contributed by atoms with Crippen LogP contribution in [-0.4, -0.2) is 20.6 Å². The van der Waals surface area contributed by atoms with Crippen molar-refractivity contribution in [2.24, 2.45) is 7.05 Å². The molecular formula is C28H28N4O. The van der Waals surface area contributed by atoms with Gasteiger partial charge in [0.15, 0.2) is 5.58 Å². The lowest BCUT2D eigenvalue weighted by Crippen LogP contribution is -2.47. The molecule has 0 fully saturated rings. The van der Waals surface area contributed by atoms with Crippen LogP contribution in [0.3, 0.4) is 0 Å². The molecule has 33 heavy (non-hydrogen) atoms. The molecule has 1 aliphatic rings. The van der Waals surface area contributed by atoms with E-state index in [0.717, 1.165) is 44.5 Å². The summed E-state index contributed by atoms with van der Waals surface area (Å²) in [6.45, 7) is 8.88. The van der Waals surface area contributed by atoms with E-state index in [9.17, 15) is 0 Å². The molecule has 3 aromatic carbocycles. The van der Waals surface area contributed by atoms with Crippen LogP contribution in [0.5, 0.6) is 0 Å². The van der Waals surface area contributed by atoms with Gasteiger partial charge in [-0.3, -0.25) is 0 Å². The number of imidazole rings is 1. The fourth-order valence-corrected chi connectivity index (χ4v) is 5.44. The number of benzene rings is 3. The van der Waals surface area contributed by atoms with Crippen LogP contribution in [0.4, 0.5) is 5.69 Å². The molecule has 0 aliphatic carbocycles. The Kier molecular flexibility index (Phi) is 4.15. The van der Waals surface area contributed by atoms with Gasteiger partial charge >= 0.3 is 0 Å². The van der Waals surface area contributed by atoms with Crippen LogP contribution < -0.4 is 4.90 Å². The van der Waals surface area contributed by atoms with Crippen molar-refractivity contribution in [3.8, 4) is 0 Å². The number of rotatable bonds is 3. The van der Waals surface area contributed by atoms with Crippen molar-refractivity contribution in [2.45, 2.75) is 39.4 Å². The van der Waals surface area contributed by atoms with Crippen LogP contribution in [0.2, 0.25) is 0 Å². The number of fused-ring (bicyclic) bond motifs is 4. The fraction of sp³-hybridized carbons (Fsp3) is 0.250. The molecule has 5 aromatic rings. The first-order chi connectivity index (χ1) is 15.9. The Morgan fingerprint density at radius 2 is 1.67 bits per heavy atom. The van der Waals surface area contributed by atoms with E-state index in [0.29, 0.717) is 0 Å². The molecule has 0 spiro atoms. The van der Waals surface area contributed by atoms with E-state index < -0.39 is 0 Å². The van der Waals surface area contributed by atoms with Crippen LogP contribution in [-0.2, 0) is 12.6 Å². The summed E-state index contributed by atoms with van der Waals surface area (Å²) in [5, 5.41) is 2.31. The van der Waals surface area contributed by atoms with Crippen LogP contribution >= 0.6 is 0 Å². The normalized spacial score (nSPS) is 16.7. The largest absolute Gasteiger partial charge is 0.454 e. The Morgan fingerprint density at radius 1 is 0.909 bits per heavy atom. The topological polar surface area (TPSA) is 37.4 Å². The Hall–Kier alpha value is -3.73. The molecule has 2 aromatic heterocycles. The summed E-state index contributed by atoms with van der Waals surface area (Å²) < 4.78 is 8.59. The van der Waals surface area contributed by atoms with E-state index in [2.05, 4.69) is 104 Å². The first-order valence-corrected chi connectivity index (χ1v) is 11.5. The maximum atomic E-state index is 6.38. The number of nitrogens with zero attached hydrogens (tertiary/aromatic N) is 4. The van der Waals surface area contributed by atoms with E-state index in [1.807, 2.05) is 18.2 Å². The van der Waals surface area contributed by atoms with Crippen molar-refractivity contribution in [1.82, 2.24) is 14.5 Å². The zero-order valence-electron chi connectivity index (χ0n) is 19.7. The van der Waals surface area contributed by atoms with Crippen molar-refractivity contribution in [2.75, 3.05) is 4.90 Å². The molecule has 166 valence electrons. The molecule has 0 unspecified atom stereocenters. The van der Waals surface area contributed by atoms with Crippen LogP contribution in [0.15, 0.2) is 77.5 Å². The average Bonchev–Trinajstić information content (AvgIpc) is 3.48. The Bertz CT molecular complexity index is 1550. The summed E-state index contributed by atoms with van der Waals surface area (Å²) in [5.74, 6) is 1.04. The Morgan fingerprint density at radius 3 is 2.48 bits per heavy atom. The van der Waals surface area contributed by atoms with E-state index in [-0.39, 0.29) is 11.7 Å². The molecule has 0 N–H and O–H groups in total. The average molecular weight is 437 g/mol. The molecule has 1 atom stereocenters. The minimum Gasteiger partial charge on any atom is -0.454 e. The highest BCUT2D eigenvalue weighted by Gasteiger charge is 2.39. The molecule has 5 heteroatoms. The number of hydrogen-bond donors (Lipinski definition) is 0. The first kappa shape index (κ1) is 19.9. The summed E-state index contributed by atoms with van der Waals surface area (Å²) >= 11 is 0. The van der Waals surface area contributed by atoms with Gasteiger partial charge in [-0.05, 0) is 51.5 Å². The SMILES string of the molecule is Cc1ccc2c(oc3ccccc32)c1N1C=CN(C(C)(C)c2nc3ccccc3n2C)[C@@H]1C. The van der Waals surface area contributed by atoms with E-state index in [1.165, 1.54) is 5.56 Å². The number of aromatic nitrogens is 2. The van der Waals surface area contributed by atoms with Crippen molar-refractivity contribution in [3.63, 3.8) is 0 Å². The van der Waals surface area contributed by atoms with Gasteiger partial charge in [0.2, 0.25) is 0 Å². The number of furan rings is 1. The zero-order chi connectivity index (χ0) is 22.9. The van der Waals surface area contributed by atoms with Crippen LogP contribution in [0, 0.1) is 6.92 Å². The third-order valence-electron chi connectivity index (χ3n) is 7.15. The molecule has 5 nitrogen and oxygen atoms in total. The minimum absolute atomic E-state index is 0.0947. The third kappa shape index (κ3) is 2.75. The van der Waals surface area contributed by atoms with Gasteiger partial charge in [0.05, 0.1) is 22.3 Å². The van der Waals surface area contributed by atoms with Gasteiger partial charge < -0.3 is 18.8 Å². The molecule has 0 radical (unpaired) electrons. The highest BCUT2D eigenvalue weighted by molar-refractivity contribution is 6.09. The van der Waals surface area contributed by atoms with Crippen molar-refractivity contribution >= 4 is 38.7 Å². The third-order valence-corrected chi connectivity index (χ3v) is 7.15. The van der Waals surface area contributed by atoms with Crippen LogP contribution in [0.1, 0.15) is 32.2 Å². The van der Waals surface area contributed by atoms with E-state index in [1.54, 1.807) is 0 Å². The summed E-state index contributed by atoms with van der Waals surface area (Å²) in [7, 11) is 2.11. The highest BCUT2D eigenvalue weighted by atomic mass is 16.3. The molecule has 6 rings (SSSR count). The van der Waals surface area contributed by atoms with Gasteiger partial charge in [-0.1, -0.05) is 42.5 Å². The molecule has 0 saturated heterocycles. The smallest absolute Gasteiger partial charge is 0.159 e. The first-order valence-electron chi connectivity index (χ1n) is 11.5. The van der Waals surface area contributed by atoms with Gasteiger partial charge in [-0.25, -0.2) is 4.98 Å².